The maximum absolute atomic E-state index is 12.0. The third kappa shape index (κ3) is 5.53. The van der Waals surface area contributed by atoms with E-state index >= 15 is 0 Å². The van der Waals surface area contributed by atoms with Crippen molar-refractivity contribution in [2.45, 2.75) is 33.8 Å². The van der Waals surface area contributed by atoms with Crippen LogP contribution in [0.15, 0.2) is 78.9 Å². The van der Waals surface area contributed by atoms with Crippen molar-refractivity contribution in [1.82, 2.24) is 4.98 Å². The van der Waals surface area contributed by atoms with E-state index in [4.69, 9.17) is 4.43 Å². The quantitative estimate of drug-likeness (QED) is 0.330. The van der Waals surface area contributed by atoms with E-state index in [0.717, 1.165) is 16.1 Å². The fraction of sp³-hybridized carbons (Fsp3) is 0.214. The molecule has 1 atom stereocenters. The van der Waals surface area contributed by atoms with E-state index in [1.54, 1.807) is 6.07 Å². The Morgan fingerprint density at radius 2 is 1.51 bits per heavy atom. The van der Waals surface area contributed by atoms with Gasteiger partial charge in [0.2, 0.25) is 5.91 Å². The second-order valence-electron chi connectivity index (χ2n) is 9.62. The van der Waals surface area contributed by atoms with Crippen LogP contribution < -0.4 is 15.7 Å². The van der Waals surface area contributed by atoms with Crippen LogP contribution in [0.25, 0.3) is 10.9 Å². The van der Waals surface area contributed by atoms with Crippen molar-refractivity contribution in [3.05, 3.63) is 90.1 Å². The third-order valence-corrected chi connectivity index (χ3v) is 7.87. The Bertz CT molecular complexity index is 1300. The van der Waals surface area contributed by atoms with Crippen LogP contribution in [0.2, 0.25) is 0 Å². The maximum atomic E-state index is 12.0. The van der Waals surface area contributed by atoms with E-state index in [9.17, 15) is 14.7 Å². The lowest BCUT2D eigenvalue weighted by Crippen LogP contribution is -2.47. The first kappa shape index (κ1) is 24.4. The van der Waals surface area contributed by atoms with E-state index in [1.807, 2.05) is 42.5 Å². The number of carboxylic acid groups (broad SMARTS) is 1. The molecule has 0 spiro atoms. The molecule has 0 aliphatic carbocycles. The van der Waals surface area contributed by atoms with Crippen molar-refractivity contribution in [2.24, 2.45) is 5.41 Å². The average Bonchev–Trinajstić information content (AvgIpc) is 3.22. The number of aromatic amines is 1. The van der Waals surface area contributed by atoms with Gasteiger partial charge in [-0.2, -0.15) is 0 Å². The number of aromatic nitrogens is 1. The molecule has 0 saturated carbocycles. The van der Waals surface area contributed by atoms with Crippen molar-refractivity contribution < 1.29 is 19.1 Å². The fourth-order valence-electron chi connectivity index (χ4n) is 4.16. The molecule has 179 valence electrons. The molecule has 0 fully saturated rings. The van der Waals surface area contributed by atoms with Crippen molar-refractivity contribution in [3.63, 3.8) is 0 Å². The molecule has 4 aromatic rings. The van der Waals surface area contributed by atoms with Crippen LogP contribution in [0.3, 0.4) is 0 Å². The second kappa shape index (κ2) is 9.89. The number of rotatable bonds is 7. The average molecular weight is 486 g/mol. The lowest BCUT2D eigenvalue weighted by Gasteiger charge is -2.33. The minimum absolute atomic E-state index is 0.123. The van der Waals surface area contributed by atoms with E-state index < -0.39 is 15.0 Å². The lowest BCUT2D eigenvalue weighted by atomic mass is 9.87. The highest BCUT2D eigenvalue weighted by molar-refractivity contribution is 6.80. The molecule has 0 saturated heterocycles. The first-order valence-electron chi connectivity index (χ1n) is 11.5. The lowest BCUT2D eigenvalue weighted by molar-refractivity contribution is -0.114. The number of anilines is 1. The van der Waals surface area contributed by atoms with Crippen LogP contribution in [0.5, 0.6) is 0 Å². The van der Waals surface area contributed by atoms with E-state index in [2.05, 4.69) is 55.3 Å². The fourth-order valence-corrected chi connectivity index (χ4v) is 6.47. The Morgan fingerprint density at radius 1 is 0.943 bits per heavy atom. The molecule has 0 bridgehead atoms. The van der Waals surface area contributed by atoms with Gasteiger partial charge in [0, 0.05) is 29.2 Å². The molecule has 1 heterocycles. The summed E-state index contributed by atoms with van der Waals surface area (Å²) in [7, 11) is -1.61. The summed E-state index contributed by atoms with van der Waals surface area (Å²) in [6.45, 7) is 7.73. The standard InChI is InChI=1S/C28H29N2O4Si/c1-18(31)29-19-15-23(27(32)33)22-17-25(30-24(22)16-19)26(28(2,3)4)34-35(20-11-7-5-8-12-20)21-13-9-6-10-14-21/h5-17,26,30H,1-4H3,(H,29,31)(H,32,33). The Morgan fingerprint density at radius 3 is 2.00 bits per heavy atom. The predicted molar refractivity (Wildman–Crippen MR) is 141 cm³/mol. The van der Waals surface area contributed by atoms with Gasteiger partial charge in [-0.3, -0.25) is 4.79 Å². The SMILES string of the molecule is CC(=O)Nc1cc(C(=O)O)c2cc(C(O[Si](c3ccccc3)c3ccccc3)C(C)(C)C)[nH]c2c1. The zero-order valence-corrected chi connectivity index (χ0v) is 21.3. The van der Waals surface area contributed by atoms with Crippen LogP contribution >= 0.6 is 0 Å². The molecular formula is C28H29N2O4Si. The number of carbonyl (C=O) groups is 2. The first-order valence-corrected chi connectivity index (χ1v) is 12.9. The van der Waals surface area contributed by atoms with Crippen molar-refractivity contribution >= 4 is 47.9 Å². The summed E-state index contributed by atoms with van der Waals surface area (Å²) < 4.78 is 6.95. The molecule has 6 nitrogen and oxygen atoms in total. The van der Waals surface area contributed by atoms with Crippen LogP contribution in [0, 0.1) is 5.41 Å². The van der Waals surface area contributed by atoms with E-state index in [-0.39, 0.29) is 23.0 Å². The minimum Gasteiger partial charge on any atom is -0.478 e. The number of benzene rings is 3. The topological polar surface area (TPSA) is 91.4 Å². The van der Waals surface area contributed by atoms with Crippen molar-refractivity contribution in [3.8, 4) is 0 Å². The summed E-state index contributed by atoms with van der Waals surface area (Å²) in [6.07, 6.45) is -0.338. The maximum Gasteiger partial charge on any atom is 0.336 e. The molecule has 4 rings (SSSR count). The first-order chi connectivity index (χ1) is 16.6. The number of hydrogen-bond donors (Lipinski definition) is 3. The molecule has 0 aliphatic heterocycles. The Balaban J connectivity index is 1.82. The van der Waals surface area contributed by atoms with Gasteiger partial charge in [0.1, 0.15) is 0 Å². The van der Waals surface area contributed by atoms with Crippen molar-refractivity contribution in [1.29, 1.82) is 0 Å². The Kier molecular flexibility index (Phi) is 6.91. The monoisotopic (exact) mass is 485 g/mol. The second-order valence-corrected chi connectivity index (χ2v) is 11.7. The van der Waals surface area contributed by atoms with E-state index in [0.29, 0.717) is 16.6 Å². The van der Waals surface area contributed by atoms with Gasteiger partial charge in [-0.05, 0) is 34.0 Å². The molecule has 3 N–H and O–H groups in total. The number of carboxylic acids is 1. The smallest absolute Gasteiger partial charge is 0.336 e. The summed E-state index contributed by atoms with van der Waals surface area (Å²) >= 11 is 0. The Labute approximate surface area is 206 Å². The molecule has 1 radical (unpaired) electrons. The molecular weight excluding hydrogens is 456 g/mol. The molecule has 7 heteroatoms. The van der Waals surface area contributed by atoms with Crippen LogP contribution in [-0.4, -0.2) is 31.0 Å². The number of amides is 1. The normalized spacial score (nSPS) is 12.6. The molecule has 35 heavy (non-hydrogen) atoms. The summed E-state index contributed by atoms with van der Waals surface area (Å²) in [6, 6.07) is 25.5. The van der Waals surface area contributed by atoms with Gasteiger partial charge in [-0.1, -0.05) is 81.4 Å². The van der Waals surface area contributed by atoms with Crippen LogP contribution in [-0.2, 0) is 9.22 Å². The predicted octanol–water partition coefficient (Wildman–Crippen LogP) is 4.73. The van der Waals surface area contributed by atoms with Crippen molar-refractivity contribution in [2.75, 3.05) is 5.32 Å². The van der Waals surface area contributed by atoms with Gasteiger partial charge in [-0.15, -0.1) is 0 Å². The van der Waals surface area contributed by atoms with Gasteiger partial charge in [0.25, 0.3) is 9.04 Å². The molecule has 1 amide bonds. The molecule has 1 unspecified atom stereocenters. The summed E-state index contributed by atoms with van der Waals surface area (Å²) in [5.41, 5.74) is 1.70. The summed E-state index contributed by atoms with van der Waals surface area (Å²) in [5, 5.41) is 15.4. The van der Waals surface area contributed by atoms with E-state index in [1.165, 1.54) is 13.0 Å². The molecule has 0 aliphatic rings. The zero-order chi connectivity index (χ0) is 25.2. The number of hydrogen-bond acceptors (Lipinski definition) is 3. The van der Waals surface area contributed by atoms with Gasteiger partial charge >= 0.3 is 5.97 Å². The van der Waals surface area contributed by atoms with Gasteiger partial charge < -0.3 is 19.8 Å². The van der Waals surface area contributed by atoms with Gasteiger partial charge in [0.15, 0.2) is 0 Å². The van der Waals surface area contributed by atoms with Crippen LogP contribution in [0.4, 0.5) is 5.69 Å². The third-order valence-electron chi connectivity index (χ3n) is 5.69. The van der Waals surface area contributed by atoms with Gasteiger partial charge in [-0.25, -0.2) is 4.79 Å². The number of carbonyl (C=O) groups excluding carboxylic acids is 1. The molecule has 1 aromatic heterocycles. The summed E-state index contributed by atoms with van der Waals surface area (Å²) in [4.78, 5) is 27.0. The largest absolute Gasteiger partial charge is 0.478 e. The highest BCUT2D eigenvalue weighted by atomic mass is 28.3. The highest BCUT2D eigenvalue weighted by Gasteiger charge is 2.34. The molecule has 3 aromatic carbocycles. The summed E-state index contributed by atoms with van der Waals surface area (Å²) in [5.74, 6) is -1.32. The number of fused-ring (bicyclic) bond motifs is 1. The highest BCUT2D eigenvalue weighted by Crippen LogP contribution is 2.38. The van der Waals surface area contributed by atoms with Crippen LogP contribution in [0.1, 0.15) is 49.9 Å². The number of nitrogens with one attached hydrogen (secondary N) is 2. The zero-order valence-electron chi connectivity index (χ0n) is 20.3. The minimum atomic E-state index is -1.61. The van der Waals surface area contributed by atoms with Gasteiger partial charge in [0.05, 0.1) is 11.7 Å². The number of aromatic carboxylic acids is 1. The number of H-pyrrole nitrogens is 1. The Hall–Kier alpha value is -3.68.